The fourth-order valence-electron chi connectivity index (χ4n) is 2.06. The van der Waals surface area contributed by atoms with E-state index in [9.17, 15) is 9.18 Å². The molecule has 118 valence electrons. The van der Waals surface area contributed by atoms with Crippen LogP contribution in [0.2, 0.25) is 0 Å². The molecule has 1 rings (SSSR count). The molecule has 0 bridgehead atoms. The highest BCUT2D eigenvalue weighted by atomic mass is 19.1. The van der Waals surface area contributed by atoms with Gasteiger partial charge in [-0.1, -0.05) is 13.0 Å². The van der Waals surface area contributed by atoms with Crippen LogP contribution in [0.25, 0.3) is 0 Å². The van der Waals surface area contributed by atoms with E-state index in [2.05, 4.69) is 5.32 Å². The van der Waals surface area contributed by atoms with Gasteiger partial charge in [0, 0.05) is 6.07 Å². The Labute approximate surface area is 125 Å². The number of hydrogen-bond donors (Lipinski definition) is 1. The van der Waals surface area contributed by atoms with Gasteiger partial charge in [0.2, 0.25) is 0 Å². The lowest BCUT2D eigenvalue weighted by molar-refractivity contribution is -0.148. The number of benzene rings is 1. The predicted molar refractivity (Wildman–Crippen MR) is 79.8 cm³/mol. The van der Waals surface area contributed by atoms with Crippen LogP contribution in [0.15, 0.2) is 24.3 Å². The number of hydrogen-bond acceptors (Lipinski definition) is 4. The van der Waals surface area contributed by atoms with Gasteiger partial charge in [-0.05, 0) is 44.9 Å². The molecule has 0 spiro atoms. The van der Waals surface area contributed by atoms with E-state index in [1.54, 1.807) is 12.1 Å². The quantitative estimate of drug-likeness (QED) is 0.562. The van der Waals surface area contributed by atoms with Crippen molar-refractivity contribution in [2.45, 2.75) is 38.6 Å². The average Bonchev–Trinajstić information content (AvgIpc) is 2.49. The highest BCUT2D eigenvalue weighted by molar-refractivity contribution is 5.80. The molecule has 4 nitrogen and oxygen atoms in total. The van der Waals surface area contributed by atoms with Gasteiger partial charge in [0.1, 0.15) is 17.1 Å². The first-order chi connectivity index (χ1) is 10.0. The third-order valence-corrected chi connectivity index (χ3v) is 3.29. The molecular weight excluding hydrogens is 273 g/mol. The Kier molecular flexibility index (Phi) is 7.15. The Morgan fingerprint density at radius 2 is 2.19 bits per heavy atom. The first-order valence-corrected chi connectivity index (χ1v) is 7.23. The summed E-state index contributed by atoms with van der Waals surface area (Å²) in [4.78, 5) is 11.9. The minimum Gasteiger partial charge on any atom is -0.493 e. The van der Waals surface area contributed by atoms with Gasteiger partial charge in [-0.3, -0.25) is 4.79 Å². The van der Waals surface area contributed by atoms with Crippen LogP contribution in [0, 0.1) is 5.82 Å². The summed E-state index contributed by atoms with van der Waals surface area (Å²) in [6.45, 7) is 5.04. The van der Waals surface area contributed by atoms with E-state index in [0.717, 1.165) is 13.0 Å². The van der Waals surface area contributed by atoms with Crippen molar-refractivity contribution in [2.24, 2.45) is 0 Å². The molecule has 0 aliphatic heterocycles. The van der Waals surface area contributed by atoms with Crippen molar-refractivity contribution in [1.82, 2.24) is 5.32 Å². The predicted octanol–water partition coefficient (Wildman–Crippen LogP) is 2.92. The van der Waals surface area contributed by atoms with E-state index < -0.39 is 5.54 Å². The molecule has 1 unspecified atom stereocenters. The number of ether oxygens (including phenoxy) is 2. The summed E-state index contributed by atoms with van der Waals surface area (Å²) in [7, 11) is 1.39. The molecule has 0 aliphatic rings. The van der Waals surface area contributed by atoms with E-state index in [1.807, 2.05) is 13.8 Å². The standard InChI is InChI=1S/C16H24FNO3/c1-4-10-18-16(2,15(19)20-3)9-6-11-21-14-8-5-7-13(17)12-14/h5,7-8,12,18H,4,6,9-11H2,1-3H3. The fraction of sp³-hybridized carbons (Fsp3) is 0.562. The molecule has 0 radical (unpaired) electrons. The van der Waals surface area contributed by atoms with E-state index in [4.69, 9.17) is 9.47 Å². The highest BCUT2D eigenvalue weighted by Gasteiger charge is 2.32. The number of halogens is 1. The van der Waals surface area contributed by atoms with E-state index in [-0.39, 0.29) is 11.8 Å². The topological polar surface area (TPSA) is 47.6 Å². The lowest BCUT2D eigenvalue weighted by Gasteiger charge is -2.28. The van der Waals surface area contributed by atoms with Crippen molar-refractivity contribution < 1.29 is 18.7 Å². The molecule has 0 aliphatic carbocycles. The normalized spacial score (nSPS) is 13.5. The van der Waals surface area contributed by atoms with Gasteiger partial charge in [0.05, 0.1) is 13.7 Å². The molecule has 0 heterocycles. The summed E-state index contributed by atoms with van der Waals surface area (Å²) in [5, 5.41) is 3.21. The van der Waals surface area contributed by atoms with Crippen molar-refractivity contribution in [3.63, 3.8) is 0 Å². The molecule has 21 heavy (non-hydrogen) atoms. The van der Waals surface area contributed by atoms with E-state index in [0.29, 0.717) is 25.2 Å². The fourth-order valence-corrected chi connectivity index (χ4v) is 2.06. The summed E-state index contributed by atoms with van der Waals surface area (Å²) in [6, 6.07) is 6.02. The van der Waals surface area contributed by atoms with Crippen molar-refractivity contribution in [1.29, 1.82) is 0 Å². The summed E-state index contributed by atoms with van der Waals surface area (Å²) in [5.74, 6) is -0.102. The van der Waals surface area contributed by atoms with Crippen LogP contribution in [0.1, 0.15) is 33.1 Å². The minimum atomic E-state index is -0.712. The Morgan fingerprint density at radius 3 is 2.81 bits per heavy atom. The molecule has 1 aromatic rings. The number of carbonyl (C=O) groups excluding carboxylic acids is 1. The van der Waals surface area contributed by atoms with Crippen LogP contribution >= 0.6 is 0 Å². The van der Waals surface area contributed by atoms with Gasteiger partial charge in [0.15, 0.2) is 0 Å². The Morgan fingerprint density at radius 1 is 1.43 bits per heavy atom. The smallest absolute Gasteiger partial charge is 0.325 e. The summed E-state index contributed by atoms with van der Waals surface area (Å²) in [5.41, 5.74) is -0.712. The van der Waals surface area contributed by atoms with Crippen molar-refractivity contribution in [3.8, 4) is 5.75 Å². The van der Waals surface area contributed by atoms with E-state index >= 15 is 0 Å². The molecule has 1 N–H and O–H groups in total. The van der Waals surface area contributed by atoms with Gasteiger partial charge in [-0.2, -0.15) is 0 Å². The number of carbonyl (C=O) groups is 1. The molecule has 0 saturated carbocycles. The minimum absolute atomic E-state index is 0.276. The molecule has 0 aromatic heterocycles. The molecule has 0 amide bonds. The van der Waals surface area contributed by atoms with Crippen LogP contribution in [-0.4, -0.2) is 31.8 Å². The van der Waals surface area contributed by atoms with Gasteiger partial charge >= 0.3 is 5.97 Å². The van der Waals surface area contributed by atoms with E-state index in [1.165, 1.54) is 19.2 Å². The second-order valence-corrected chi connectivity index (χ2v) is 5.16. The molecule has 1 aromatic carbocycles. The molecule has 0 saturated heterocycles. The Bertz CT molecular complexity index is 453. The maximum atomic E-state index is 13.0. The van der Waals surface area contributed by atoms with Gasteiger partial charge in [0.25, 0.3) is 0 Å². The third kappa shape index (κ3) is 5.71. The zero-order valence-corrected chi connectivity index (χ0v) is 12.9. The SMILES string of the molecule is CCCNC(C)(CCCOc1cccc(F)c1)C(=O)OC. The van der Waals surface area contributed by atoms with Gasteiger partial charge in [-0.15, -0.1) is 0 Å². The van der Waals surface area contributed by atoms with Crippen molar-refractivity contribution >= 4 is 5.97 Å². The Hall–Kier alpha value is -1.62. The van der Waals surface area contributed by atoms with Crippen LogP contribution < -0.4 is 10.1 Å². The lowest BCUT2D eigenvalue weighted by atomic mass is 9.96. The molecular formula is C16H24FNO3. The summed E-state index contributed by atoms with van der Waals surface area (Å²) < 4.78 is 23.3. The highest BCUT2D eigenvalue weighted by Crippen LogP contribution is 2.17. The number of nitrogens with one attached hydrogen (secondary N) is 1. The number of methoxy groups -OCH3 is 1. The van der Waals surface area contributed by atoms with Crippen LogP contribution in [0.5, 0.6) is 5.75 Å². The first-order valence-electron chi connectivity index (χ1n) is 7.23. The monoisotopic (exact) mass is 297 g/mol. The zero-order valence-electron chi connectivity index (χ0n) is 12.9. The molecule has 0 fully saturated rings. The second-order valence-electron chi connectivity index (χ2n) is 5.16. The summed E-state index contributed by atoms with van der Waals surface area (Å²) >= 11 is 0. The largest absolute Gasteiger partial charge is 0.493 e. The molecule has 5 heteroatoms. The maximum absolute atomic E-state index is 13.0. The van der Waals surface area contributed by atoms with Crippen molar-refractivity contribution in [3.05, 3.63) is 30.1 Å². The second kappa shape index (κ2) is 8.62. The average molecular weight is 297 g/mol. The third-order valence-electron chi connectivity index (χ3n) is 3.29. The summed E-state index contributed by atoms with van der Waals surface area (Å²) in [6.07, 6.45) is 2.19. The van der Waals surface area contributed by atoms with Crippen LogP contribution in [0.3, 0.4) is 0 Å². The van der Waals surface area contributed by atoms with Crippen LogP contribution in [0.4, 0.5) is 4.39 Å². The number of rotatable bonds is 9. The van der Waals surface area contributed by atoms with Gasteiger partial charge in [-0.25, -0.2) is 4.39 Å². The first kappa shape index (κ1) is 17.4. The maximum Gasteiger partial charge on any atom is 0.325 e. The molecule has 1 atom stereocenters. The zero-order chi connectivity index (χ0) is 15.7. The lowest BCUT2D eigenvalue weighted by Crippen LogP contribution is -2.50. The van der Waals surface area contributed by atoms with Crippen molar-refractivity contribution in [2.75, 3.05) is 20.3 Å². The number of esters is 1. The van der Waals surface area contributed by atoms with Crippen LogP contribution in [-0.2, 0) is 9.53 Å². The Balaban J connectivity index is 2.44. The van der Waals surface area contributed by atoms with Gasteiger partial charge < -0.3 is 14.8 Å².